The van der Waals surface area contributed by atoms with Crippen molar-refractivity contribution < 1.29 is 13.6 Å². The Hall–Kier alpha value is -4.64. The summed E-state index contributed by atoms with van der Waals surface area (Å²) in [4.78, 5) is 17.3. The third-order valence-corrected chi connectivity index (χ3v) is 7.64. The second-order valence-corrected chi connectivity index (χ2v) is 10.2. The van der Waals surface area contributed by atoms with E-state index in [2.05, 4.69) is 41.0 Å². The Morgan fingerprint density at radius 2 is 1.27 bits per heavy atom. The van der Waals surface area contributed by atoms with Crippen molar-refractivity contribution in [3.63, 3.8) is 0 Å². The number of rotatable bonds is 6. The van der Waals surface area contributed by atoms with Crippen molar-refractivity contribution in [1.29, 1.82) is 0 Å². The highest BCUT2D eigenvalue weighted by Crippen LogP contribution is 2.42. The van der Waals surface area contributed by atoms with Crippen LogP contribution in [0.5, 0.6) is 0 Å². The molecule has 0 bridgehead atoms. The van der Waals surface area contributed by atoms with Crippen LogP contribution in [-0.4, -0.2) is 21.3 Å². The summed E-state index contributed by atoms with van der Waals surface area (Å²) in [5.74, 6) is -3.08. The van der Waals surface area contributed by atoms with Gasteiger partial charge in [-0.15, -0.1) is 0 Å². The van der Waals surface area contributed by atoms with Gasteiger partial charge in [0.05, 0.1) is 12.0 Å². The van der Waals surface area contributed by atoms with Gasteiger partial charge >= 0.3 is 0 Å². The Kier molecular flexibility index (Phi) is 6.72. The lowest BCUT2D eigenvalue weighted by Gasteiger charge is -2.37. The minimum absolute atomic E-state index is 0.136. The first-order valence-corrected chi connectivity index (χ1v) is 13.4. The molecule has 1 saturated carbocycles. The van der Waals surface area contributed by atoms with Gasteiger partial charge in [0.2, 0.25) is 0 Å². The number of nitrogens with zero attached hydrogens (tertiary/aromatic N) is 2. The number of alkyl halides is 2. The van der Waals surface area contributed by atoms with E-state index in [-0.39, 0.29) is 17.8 Å². The maximum atomic E-state index is 14.2. The second-order valence-electron chi connectivity index (χ2n) is 10.2. The molecule has 1 heterocycles. The first-order chi connectivity index (χ1) is 19.5. The van der Waals surface area contributed by atoms with E-state index in [4.69, 9.17) is 4.98 Å². The second kappa shape index (κ2) is 10.5. The minimum atomic E-state index is -2.86. The van der Waals surface area contributed by atoms with Crippen molar-refractivity contribution in [2.24, 2.45) is 0 Å². The molecule has 3 nitrogen and oxygen atoms in total. The lowest BCUT2D eigenvalue weighted by atomic mass is 9.77. The fourth-order valence-electron chi connectivity index (χ4n) is 5.73. The highest BCUT2D eigenvalue weighted by atomic mass is 19.3. The number of imidazole rings is 1. The number of aromatic nitrogens is 2. The number of halogens is 2. The first-order valence-electron chi connectivity index (χ1n) is 13.4. The number of ketones is 1. The van der Waals surface area contributed by atoms with Gasteiger partial charge in [0.1, 0.15) is 5.54 Å². The molecule has 0 amide bonds. The summed E-state index contributed by atoms with van der Waals surface area (Å²) >= 11 is 0. The van der Waals surface area contributed by atoms with E-state index in [1.54, 1.807) is 6.08 Å². The standard InChI is InChI=1S/C35H28F2N2O/c36-34(37)21-20-33(40)27(23-34)22-26-12-10-11-19-31(26)32-24-39(25-38-32)35(28-13-4-1-5-14-28,29-15-6-2-7-16-29)30-17-8-3-9-18-30/h1-19,22,24-25H,20-21,23H2. The summed E-state index contributed by atoms with van der Waals surface area (Å²) in [7, 11) is 0. The number of hydrogen-bond donors (Lipinski definition) is 0. The Morgan fingerprint density at radius 1 is 0.750 bits per heavy atom. The topological polar surface area (TPSA) is 34.9 Å². The monoisotopic (exact) mass is 530 g/mol. The lowest BCUT2D eigenvalue weighted by molar-refractivity contribution is -0.121. The molecule has 0 N–H and O–H groups in total. The van der Waals surface area contributed by atoms with Crippen LogP contribution in [0.1, 0.15) is 41.5 Å². The molecule has 40 heavy (non-hydrogen) atoms. The molecular formula is C35H28F2N2O. The molecule has 1 aliphatic rings. The predicted octanol–water partition coefficient (Wildman–Crippen LogP) is 8.16. The van der Waals surface area contributed by atoms with Gasteiger partial charge in [0.25, 0.3) is 5.92 Å². The fraction of sp³-hybridized carbons (Fsp3) is 0.143. The van der Waals surface area contributed by atoms with Crippen LogP contribution in [0.25, 0.3) is 17.3 Å². The minimum Gasteiger partial charge on any atom is -0.318 e. The number of carbonyl (C=O) groups is 1. The molecule has 4 aromatic carbocycles. The molecule has 5 heteroatoms. The van der Waals surface area contributed by atoms with E-state index in [1.807, 2.05) is 91.4 Å². The predicted molar refractivity (Wildman–Crippen MR) is 154 cm³/mol. The molecule has 0 unspecified atom stereocenters. The molecule has 1 fully saturated rings. The first kappa shape index (κ1) is 25.6. The molecule has 6 rings (SSSR count). The van der Waals surface area contributed by atoms with E-state index < -0.39 is 24.3 Å². The SMILES string of the molecule is O=C1CCC(F)(F)CC1=Cc1ccccc1-c1cn(C(c2ccccc2)(c2ccccc2)c2ccccc2)cn1. The van der Waals surface area contributed by atoms with E-state index in [9.17, 15) is 13.6 Å². The van der Waals surface area contributed by atoms with E-state index >= 15 is 0 Å². The summed E-state index contributed by atoms with van der Waals surface area (Å²) < 4.78 is 30.4. The summed E-state index contributed by atoms with van der Waals surface area (Å²) in [6.45, 7) is 0. The molecule has 0 radical (unpaired) electrons. The number of benzene rings is 4. The maximum Gasteiger partial charge on any atom is 0.252 e. The number of Topliss-reactive ketones (excluding diaryl/α,β-unsaturated/α-hetero) is 1. The van der Waals surface area contributed by atoms with Crippen molar-refractivity contribution in [2.45, 2.75) is 30.7 Å². The van der Waals surface area contributed by atoms with Gasteiger partial charge in [-0.3, -0.25) is 4.79 Å². The Balaban J connectivity index is 1.53. The normalized spacial score (nSPS) is 16.2. The van der Waals surface area contributed by atoms with Crippen LogP contribution in [0.4, 0.5) is 8.78 Å². The van der Waals surface area contributed by atoms with E-state index in [0.29, 0.717) is 11.3 Å². The summed E-state index contributed by atoms with van der Waals surface area (Å²) in [5, 5.41) is 0. The number of carbonyl (C=O) groups excluding carboxylic acids is 1. The molecule has 0 spiro atoms. The van der Waals surface area contributed by atoms with E-state index in [0.717, 1.165) is 22.3 Å². The van der Waals surface area contributed by atoms with Crippen molar-refractivity contribution in [3.05, 3.63) is 156 Å². The van der Waals surface area contributed by atoms with Gasteiger partial charge in [-0.05, 0) is 28.3 Å². The van der Waals surface area contributed by atoms with Crippen molar-refractivity contribution in [3.8, 4) is 11.3 Å². The van der Waals surface area contributed by atoms with Crippen LogP contribution < -0.4 is 0 Å². The van der Waals surface area contributed by atoms with Crippen LogP contribution in [0.2, 0.25) is 0 Å². The van der Waals surface area contributed by atoms with Gasteiger partial charge < -0.3 is 4.57 Å². The van der Waals surface area contributed by atoms with Crippen molar-refractivity contribution >= 4 is 11.9 Å². The number of hydrogen-bond acceptors (Lipinski definition) is 2. The zero-order valence-corrected chi connectivity index (χ0v) is 21.9. The zero-order chi connectivity index (χ0) is 27.6. The third-order valence-electron chi connectivity index (χ3n) is 7.64. The average molecular weight is 531 g/mol. The Morgan fingerprint density at radius 3 is 1.85 bits per heavy atom. The highest BCUT2D eigenvalue weighted by Gasteiger charge is 2.39. The van der Waals surface area contributed by atoms with Crippen LogP contribution in [0, 0.1) is 0 Å². The summed E-state index contributed by atoms with van der Waals surface area (Å²) in [5.41, 5.74) is 4.82. The van der Waals surface area contributed by atoms with Gasteiger partial charge in [0.15, 0.2) is 5.78 Å². The molecule has 5 aromatic rings. The average Bonchev–Trinajstić information content (AvgIpc) is 3.48. The molecular weight excluding hydrogens is 502 g/mol. The lowest BCUT2D eigenvalue weighted by Crippen LogP contribution is -2.36. The molecule has 1 aromatic heterocycles. The van der Waals surface area contributed by atoms with Gasteiger partial charge in [0, 0.05) is 36.6 Å². The molecule has 0 atom stereocenters. The molecule has 0 aliphatic heterocycles. The summed E-state index contributed by atoms with van der Waals surface area (Å²) in [6.07, 6.45) is 4.38. The van der Waals surface area contributed by atoms with Gasteiger partial charge in [-0.1, -0.05) is 115 Å². The van der Waals surface area contributed by atoms with Crippen molar-refractivity contribution in [1.82, 2.24) is 9.55 Å². The van der Waals surface area contributed by atoms with Crippen LogP contribution in [0.15, 0.2) is 133 Å². The van der Waals surface area contributed by atoms with Crippen molar-refractivity contribution in [2.75, 3.05) is 0 Å². The molecule has 1 aliphatic carbocycles. The smallest absolute Gasteiger partial charge is 0.252 e. The van der Waals surface area contributed by atoms with E-state index in [1.165, 1.54) is 0 Å². The van der Waals surface area contributed by atoms with Crippen LogP contribution in [-0.2, 0) is 10.3 Å². The zero-order valence-electron chi connectivity index (χ0n) is 21.9. The number of allylic oxidation sites excluding steroid dienone is 1. The maximum absolute atomic E-state index is 14.2. The molecule has 0 saturated heterocycles. The largest absolute Gasteiger partial charge is 0.318 e. The quantitative estimate of drug-likeness (QED) is 0.164. The van der Waals surface area contributed by atoms with Gasteiger partial charge in [-0.2, -0.15) is 0 Å². The Bertz CT molecular complexity index is 1560. The van der Waals surface area contributed by atoms with Gasteiger partial charge in [-0.25, -0.2) is 13.8 Å². The third kappa shape index (κ3) is 4.68. The fourth-order valence-corrected chi connectivity index (χ4v) is 5.73. The molecule has 198 valence electrons. The van der Waals surface area contributed by atoms with Crippen LogP contribution >= 0.6 is 0 Å². The highest BCUT2D eigenvalue weighted by molar-refractivity contribution is 6.01. The Labute approximate surface area is 232 Å². The van der Waals surface area contributed by atoms with Crippen LogP contribution in [0.3, 0.4) is 0 Å². The summed E-state index contributed by atoms with van der Waals surface area (Å²) in [6, 6.07) is 38.4.